The molecule has 0 saturated heterocycles. The van der Waals surface area contributed by atoms with E-state index in [1.165, 1.54) is 18.6 Å². The number of rotatable bonds is 4. The van der Waals surface area contributed by atoms with Crippen LogP contribution < -0.4 is 10.0 Å². The number of aromatic nitrogens is 4. The van der Waals surface area contributed by atoms with Crippen molar-refractivity contribution in [1.82, 2.24) is 20.1 Å². The van der Waals surface area contributed by atoms with Crippen molar-refractivity contribution in [2.24, 2.45) is 11.3 Å². The number of carbonyl (C=O) groups excluding carboxylic acids is 1. The van der Waals surface area contributed by atoms with Gasteiger partial charge in [0.25, 0.3) is 5.91 Å². The van der Waals surface area contributed by atoms with Crippen molar-refractivity contribution >= 4 is 5.91 Å². The summed E-state index contributed by atoms with van der Waals surface area (Å²) in [7, 11) is 0. The SMILES string of the molecule is CC(C)(C)[C@@H](CO)NC(=O)c1nn(-c2c[n+]([O-])ccn2)c2c1C[C@@H]1CC[C@H]21. The third-order valence-corrected chi connectivity index (χ3v) is 5.89. The van der Waals surface area contributed by atoms with Gasteiger partial charge in [0.05, 0.1) is 24.5 Å². The number of aliphatic hydroxyl groups is 1. The molecule has 2 heterocycles. The van der Waals surface area contributed by atoms with E-state index < -0.39 is 0 Å². The zero-order valence-electron chi connectivity index (χ0n) is 15.8. The number of hydrogen-bond donors (Lipinski definition) is 2. The van der Waals surface area contributed by atoms with Crippen LogP contribution in [0.25, 0.3) is 5.82 Å². The lowest BCUT2D eigenvalue weighted by Crippen LogP contribution is -2.46. The fourth-order valence-electron chi connectivity index (χ4n) is 4.08. The summed E-state index contributed by atoms with van der Waals surface area (Å²) in [6, 6.07) is -0.373. The van der Waals surface area contributed by atoms with E-state index in [9.17, 15) is 15.1 Å². The van der Waals surface area contributed by atoms with Crippen LogP contribution in [-0.4, -0.2) is 38.4 Å². The van der Waals surface area contributed by atoms with Crippen LogP contribution >= 0.6 is 0 Å². The summed E-state index contributed by atoms with van der Waals surface area (Å²) in [5.74, 6) is 1.04. The van der Waals surface area contributed by atoms with Gasteiger partial charge in [-0.25, -0.2) is 9.67 Å². The molecule has 0 unspecified atom stereocenters. The second-order valence-electron chi connectivity index (χ2n) is 8.62. The van der Waals surface area contributed by atoms with Gasteiger partial charge in [-0.2, -0.15) is 9.83 Å². The van der Waals surface area contributed by atoms with E-state index in [1.807, 2.05) is 20.8 Å². The van der Waals surface area contributed by atoms with E-state index in [2.05, 4.69) is 15.4 Å². The molecule has 0 radical (unpaired) electrons. The maximum atomic E-state index is 13.0. The van der Waals surface area contributed by atoms with Crippen LogP contribution in [0.1, 0.15) is 61.3 Å². The van der Waals surface area contributed by atoms with E-state index in [0.29, 0.717) is 28.1 Å². The van der Waals surface area contributed by atoms with Crippen LogP contribution in [0, 0.1) is 16.5 Å². The van der Waals surface area contributed by atoms with Gasteiger partial charge in [-0.05, 0) is 30.6 Å². The van der Waals surface area contributed by atoms with E-state index in [1.54, 1.807) is 4.68 Å². The summed E-state index contributed by atoms with van der Waals surface area (Å²) in [5, 5.41) is 28.8. The summed E-state index contributed by atoms with van der Waals surface area (Å²) in [5.41, 5.74) is 2.06. The first-order valence-electron chi connectivity index (χ1n) is 9.38. The largest absolute Gasteiger partial charge is 0.619 e. The molecule has 0 aliphatic heterocycles. The van der Waals surface area contributed by atoms with Gasteiger partial charge in [0.1, 0.15) is 0 Å². The van der Waals surface area contributed by atoms with Crippen LogP contribution in [0.5, 0.6) is 0 Å². The number of nitrogens with zero attached hydrogens (tertiary/aromatic N) is 4. The maximum Gasteiger partial charge on any atom is 0.272 e. The Labute approximate surface area is 157 Å². The molecular weight excluding hydrogens is 346 g/mol. The fraction of sp³-hybridized carbons (Fsp3) is 0.579. The molecule has 2 aliphatic carbocycles. The predicted molar refractivity (Wildman–Crippen MR) is 97.3 cm³/mol. The van der Waals surface area contributed by atoms with Crippen LogP contribution in [0.2, 0.25) is 0 Å². The molecule has 0 bridgehead atoms. The molecule has 4 rings (SSSR count). The van der Waals surface area contributed by atoms with Crippen LogP contribution in [-0.2, 0) is 6.42 Å². The van der Waals surface area contributed by atoms with Crippen molar-refractivity contribution in [3.05, 3.63) is 40.7 Å². The van der Waals surface area contributed by atoms with Gasteiger partial charge >= 0.3 is 0 Å². The van der Waals surface area contributed by atoms with Crippen LogP contribution in [0.4, 0.5) is 0 Å². The molecule has 27 heavy (non-hydrogen) atoms. The van der Waals surface area contributed by atoms with Crippen molar-refractivity contribution in [2.75, 3.05) is 6.61 Å². The highest BCUT2D eigenvalue weighted by atomic mass is 16.5. The van der Waals surface area contributed by atoms with Gasteiger partial charge in [0.15, 0.2) is 11.9 Å². The molecule has 1 saturated carbocycles. The summed E-state index contributed by atoms with van der Waals surface area (Å²) in [6.45, 7) is 5.77. The van der Waals surface area contributed by atoms with E-state index >= 15 is 0 Å². The third-order valence-electron chi connectivity index (χ3n) is 5.89. The molecule has 3 atom stereocenters. The second kappa shape index (κ2) is 6.30. The van der Waals surface area contributed by atoms with Crippen molar-refractivity contribution in [3.63, 3.8) is 0 Å². The smallest absolute Gasteiger partial charge is 0.272 e. The first kappa shape index (κ1) is 17.9. The van der Waals surface area contributed by atoms with E-state index in [4.69, 9.17) is 0 Å². The van der Waals surface area contributed by atoms with Crippen molar-refractivity contribution in [3.8, 4) is 5.82 Å². The molecule has 8 nitrogen and oxygen atoms in total. The number of carbonyl (C=O) groups is 1. The highest BCUT2D eigenvalue weighted by molar-refractivity contribution is 5.94. The number of amides is 1. The minimum absolute atomic E-state index is 0.139. The van der Waals surface area contributed by atoms with Crippen molar-refractivity contribution in [2.45, 2.75) is 52.0 Å². The number of hydrogen-bond acceptors (Lipinski definition) is 5. The average Bonchev–Trinajstić information content (AvgIpc) is 3.05. The Hall–Kier alpha value is -2.48. The van der Waals surface area contributed by atoms with Gasteiger partial charge in [-0.1, -0.05) is 20.8 Å². The predicted octanol–water partition coefficient (Wildman–Crippen LogP) is 1.09. The van der Waals surface area contributed by atoms with Gasteiger partial charge in [0, 0.05) is 11.5 Å². The summed E-state index contributed by atoms with van der Waals surface area (Å²) < 4.78 is 2.35. The Morgan fingerprint density at radius 3 is 2.85 bits per heavy atom. The first-order valence-corrected chi connectivity index (χ1v) is 9.38. The lowest BCUT2D eigenvalue weighted by atomic mass is 9.75. The molecule has 2 N–H and O–H groups in total. The summed E-state index contributed by atoms with van der Waals surface area (Å²) >= 11 is 0. The monoisotopic (exact) mass is 371 g/mol. The average molecular weight is 371 g/mol. The maximum absolute atomic E-state index is 13.0. The summed E-state index contributed by atoms with van der Waals surface area (Å²) in [4.78, 5) is 17.2. The van der Waals surface area contributed by atoms with Crippen LogP contribution in [0.15, 0.2) is 18.6 Å². The van der Waals surface area contributed by atoms with Gasteiger partial charge < -0.3 is 15.6 Å². The Morgan fingerprint density at radius 1 is 1.48 bits per heavy atom. The Kier molecular flexibility index (Phi) is 4.18. The van der Waals surface area contributed by atoms with Gasteiger partial charge in [-0.15, -0.1) is 0 Å². The minimum Gasteiger partial charge on any atom is -0.619 e. The molecule has 0 aromatic carbocycles. The highest BCUT2D eigenvalue weighted by Crippen LogP contribution is 2.52. The quantitative estimate of drug-likeness (QED) is 0.618. The van der Waals surface area contributed by atoms with Crippen molar-refractivity contribution in [1.29, 1.82) is 0 Å². The highest BCUT2D eigenvalue weighted by Gasteiger charge is 2.45. The Bertz CT molecular complexity index is 886. The molecular formula is C19H25N5O3. The first-order chi connectivity index (χ1) is 12.8. The normalized spacial score (nSPS) is 21.9. The topological polar surface area (TPSA) is 107 Å². The van der Waals surface area contributed by atoms with Crippen molar-refractivity contribution < 1.29 is 14.6 Å². The zero-order valence-corrected chi connectivity index (χ0v) is 15.8. The Balaban J connectivity index is 1.73. The molecule has 2 aliphatic rings. The van der Waals surface area contributed by atoms with E-state index in [0.717, 1.165) is 30.5 Å². The molecule has 0 spiro atoms. The lowest BCUT2D eigenvalue weighted by molar-refractivity contribution is -0.605. The number of fused-ring (bicyclic) bond motifs is 3. The van der Waals surface area contributed by atoms with Gasteiger partial charge in [-0.3, -0.25) is 4.79 Å². The number of aliphatic hydroxyl groups excluding tert-OH is 1. The van der Waals surface area contributed by atoms with E-state index in [-0.39, 0.29) is 24.0 Å². The third kappa shape index (κ3) is 2.97. The molecule has 2 aromatic rings. The second-order valence-corrected chi connectivity index (χ2v) is 8.62. The molecule has 8 heteroatoms. The standard InChI is InChI=1S/C19H25N5O3/c1-19(2,3)14(10-25)21-18(26)16-13-8-11-4-5-12(11)17(13)24(22-16)15-9-23(27)7-6-20-15/h6-7,9,11-12,14,25H,4-5,8,10H2,1-3H3,(H,21,26)/t11-,12-,14+/m0/s1. The molecule has 1 amide bonds. The lowest BCUT2D eigenvalue weighted by Gasteiger charge is -2.31. The fourth-order valence-corrected chi connectivity index (χ4v) is 4.08. The molecule has 1 fully saturated rings. The Morgan fingerprint density at radius 2 is 2.26 bits per heavy atom. The molecule has 144 valence electrons. The number of nitrogens with one attached hydrogen (secondary N) is 1. The minimum atomic E-state index is -0.373. The van der Waals surface area contributed by atoms with Gasteiger partial charge in [0.2, 0.25) is 12.0 Å². The zero-order chi connectivity index (χ0) is 19.3. The van der Waals surface area contributed by atoms with Crippen LogP contribution in [0.3, 0.4) is 0 Å². The summed E-state index contributed by atoms with van der Waals surface area (Å²) in [6.07, 6.45) is 7.16. The molecule has 2 aromatic heterocycles.